The molecule has 2 heterocycles. The molecule has 3 rings (SSSR count). The Balaban J connectivity index is 1.83. The van der Waals surface area contributed by atoms with Crippen LogP contribution in [0.3, 0.4) is 0 Å². The molecule has 2 saturated heterocycles. The van der Waals surface area contributed by atoms with Crippen molar-refractivity contribution < 1.29 is 5.21 Å². The van der Waals surface area contributed by atoms with Crippen LogP contribution in [-0.2, 0) is 0 Å². The number of piperidine rings is 1. The highest BCUT2D eigenvalue weighted by Gasteiger charge is 2.49. The van der Waals surface area contributed by atoms with Crippen LogP contribution in [0.15, 0.2) is 0 Å². The number of hydrogen-bond donors (Lipinski definition) is 2. The van der Waals surface area contributed by atoms with Gasteiger partial charge >= 0.3 is 0 Å². The average Bonchev–Trinajstić information content (AvgIpc) is 2.55. The molecular formula is C11H20N2O. The molecule has 1 saturated carbocycles. The second kappa shape index (κ2) is 3.47. The second-order valence-corrected chi connectivity index (χ2v) is 5.10. The van der Waals surface area contributed by atoms with Crippen molar-refractivity contribution >= 4 is 0 Å². The van der Waals surface area contributed by atoms with Crippen LogP contribution in [0.2, 0.25) is 0 Å². The molecule has 3 aliphatic rings. The number of fused-ring (bicyclic) bond motifs is 3. The molecule has 4 unspecified atom stereocenters. The second-order valence-electron chi connectivity index (χ2n) is 5.10. The summed E-state index contributed by atoms with van der Waals surface area (Å²) < 4.78 is 0. The van der Waals surface area contributed by atoms with Gasteiger partial charge < -0.3 is 5.21 Å². The zero-order valence-corrected chi connectivity index (χ0v) is 8.65. The van der Waals surface area contributed by atoms with E-state index in [9.17, 15) is 5.21 Å². The van der Waals surface area contributed by atoms with Gasteiger partial charge in [0.25, 0.3) is 0 Å². The Labute approximate surface area is 85.4 Å². The highest BCUT2D eigenvalue weighted by molar-refractivity contribution is 4.98. The highest BCUT2D eigenvalue weighted by Crippen LogP contribution is 2.44. The van der Waals surface area contributed by atoms with Crippen LogP contribution in [0.5, 0.6) is 0 Å². The van der Waals surface area contributed by atoms with Crippen molar-refractivity contribution in [2.45, 2.75) is 50.7 Å². The maximum atomic E-state index is 10.1. The maximum absolute atomic E-state index is 10.1. The summed E-state index contributed by atoms with van der Waals surface area (Å²) in [6.07, 6.45) is 8.10. The van der Waals surface area contributed by atoms with Crippen LogP contribution in [0.4, 0.5) is 0 Å². The van der Waals surface area contributed by atoms with E-state index in [0.29, 0.717) is 6.04 Å². The van der Waals surface area contributed by atoms with Gasteiger partial charge in [-0.25, -0.2) is 0 Å². The minimum Gasteiger partial charge on any atom is -0.312 e. The van der Waals surface area contributed by atoms with E-state index < -0.39 is 0 Å². The van der Waals surface area contributed by atoms with Gasteiger partial charge in [-0.1, -0.05) is 12.8 Å². The van der Waals surface area contributed by atoms with Gasteiger partial charge in [0.1, 0.15) is 0 Å². The molecule has 14 heavy (non-hydrogen) atoms. The molecule has 3 heteroatoms. The fourth-order valence-electron chi connectivity index (χ4n) is 3.81. The van der Waals surface area contributed by atoms with Crippen LogP contribution in [0.1, 0.15) is 38.5 Å². The first-order valence-electron chi connectivity index (χ1n) is 6.08. The number of nitrogens with one attached hydrogen (secondary N) is 1. The number of rotatable bonds is 0. The van der Waals surface area contributed by atoms with E-state index in [-0.39, 0.29) is 6.17 Å². The van der Waals surface area contributed by atoms with Crippen LogP contribution in [0.25, 0.3) is 0 Å². The van der Waals surface area contributed by atoms with Gasteiger partial charge in [0.05, 0.1) is 6.17 Å². The van der Waals surface area contributed by atoms with E-state index >= 15 is 0 Å². The summed E-state index contributed by atoms with van der Waals surface area (Å²) in [4.78, 5) is 0. The average molecular weight is 196 g/mol. The molecule has 80 valence electrons. The van der Waals surface area contributed by atoms with Gasteiger partial charge in [-0.05, 0) is 44.1 Å². The van der Waals surface area contributed by atoms with E-state index in [4.69, 9.17) is 0 Å². The smallest absolute Gasteiger partial charge is 0.0875 e. The van der Waals surface area contributed by atoms with Gasteiger partial charge in [-0.2, -0.15) is 5.06 Å². The van der Waals surface area contributed by atoms with Crippen molar-refractivity contribution in [1.82, 2.24) is 10.4 Å². The molecule has 0 bridgehead atoms. The molecule has 0 aromatic rings. The van der Waals surface area contributed by atoms with E-state index in [0.717, 1.165) is 18.4 Å². The van der Waals surface area contributed by atoms with Gasteiger partial charge in [0, 0.05) is 6.04 Å². The SMILES string of the molecule is ON1C2CCCCC2C2CCCNC21. The Morgan fingerprint density at radius 1 is 1.00 bits per heavy atom. The minimum atomic E-state index is 0.275. The fourth-order valence-corrected chi connectivity index (χ4v) is 3.81. The first kappa shape index (κ1) is 9.13. The summed E-state index contributed by atoms with van der Waals surface area (Å²) in [5.74, 6) is 1.49. The molecule has 3 fully saturated rings. The quantitative estimate of drug-likeness (QED) is 0.617. The zero-order valence-electron chi connectivity index (χ0n) is 8.65. The Hall–Kier alpha value is -0.120. The normalized spacial score (nSPS) is 48.6. The lowest BCUT2D eigenvalue weighted by molar-refractivity contribution is -0.154. The molecular weight excluding hydrogens is 176 g/mol. The lowest BCUT2D eigenvalue weighted by Crippen LogP contribution is -2.48. The van der Waals surface area contributed by atoms with Gasteiger partial charge in [0.2, 0.25) is 0 Å². The topological polar surface area (TPSA) is 35.5 Å². The van der Waals surface area contributed by atoms with Crippen molar-refractivity contribution in [2.75, 3.05) is 6.54 Å². The van der Waals surface area contributed by atoms with Crippen LogP contribution in [0, 0.1) is 11.8 Å². The van der Waals surface area contributed by atoms with Crippen LogP contribution < -0.4 is 5.32 Å². The molecule has 2 N–H and O–H groups in total. The Morgan fingerprint density at radius 3 is 2.71 bits per heavy atom. The molecule has 0 aromatic carbocycles. The number of nitrogens with zero attached hydrogens (tertiary/aromatic N) is 1. The van der Waals surface area contributed by atoms with E-state index in [1.165, 1.54) is 38.5 Å². The highest BCUT2D eigenvalue weighted by atomic mass is 16.5. The molecule has 2 aliphatic heterocycles. The third-order valence-electron chi connectivity index (χ3n) is 4.43. The van der Waals surface area contributed by atoms with Crippen LogP contribution in [-0.4, -0.2) is 29.0 Å². The monoisotopic (exact) mass is 196 g/mol. The molecule has 4 atom stereocenters. The van der Waals surface area contributed by atoms with Crippen molar-refractivity contribution in [3.63, 3.8) is 0 Å². The number of hydroxylamine groups is 2. The Morgan fingerprint density at radius 2 is 1.79 bits per heavy atom. The van der Waals surface area contributed by atoms with Crippen LogP contribution >= 0.6 is 0 Å². The minimum absolute atomic E-state index is 0.275. The molecule has 0 aromatic heterocycles. The van der Waals surface area contributed by atoms with E-state index in [2.05, 4.69) is 5.32 Å². The van der Waals surface area contributed by atoms with E-state index in [1.807, 2.05) is 0 Å². The van der Waals surface area contributed by atoms with Gasteiger partial charge in [-0.3, -0.25) is 5.32 Å². The molecule has 1 aliphatic carbocycles. The van der Waals surface area contributed by atoms with Crippen molar-refractivity contribution in [3.8, 4) is 0 Å². The first-order chi connectivity index (χ1) is 6.88. The zero-order chi connectivity index (χ0) is 9.54. The van der Waals surface area contributed by atoms with Gasteiger partial charge in [0.15, 0.2) is 0 Å². The molecule has 0 spiro atoms. The predicted octanol–water partition coefficient (Wildman–Crippen LogP) is 1.58. The third-order valence-corrected chi connectivity index (χ3v) is 4.43. The lowest BCUT2D eigenvalue weighted by atomic mass is 9.77. The summed E-state index contributed by atoms with van der Waals surface area (Å²) in [6, 6.07) is 0.462. The number of hydrogen-bond acceptors (Lipinski definition) is 3. The molecule has 0 radical (unpaired) electrons. The molecule has 0 amide bonds. The summed E-state index contributed by atoms with van der Waals surface area (Å²) in [7, 11) is 0. The lowest BCUT2D eigenvalue weighted by Gasteiger charge is -2.31. The Bertz CT molecular complexity index is 199. The summed E-state index contributed by atoms with van der Waals surface area (Å²) in [5, 5.41) is 15.2. The van der Waals surface area contributed by atoms with Crippen molar-refractivity contribution in [2.24, 2.45) is 11.8 Å². The largest absolute Gasteiger partial charge is 0.312 e. The van der Waals surface area contributed by atoms with Crippen molar-refractivity contribution in [1.29, 1.82) is 0 Å². The van der Waals surface area contributed by atoms with Crippen molar-refractivity contribution in [3.05, 3.63) is 0 Å². The predicted molar refractivity (Wildman–Crippen MR) is 53.9 cm³/mol. The first-order valence-corrected chi connectivity index (χ1v) is 6.08. The summed E-state index contributed by atoms with van der Waals surface area (Å²) >= 11 is 0. The standard InChI is InChI=1S/C11H20N2O/c14-13-10-6-2-1-4-8(10)9-5-3-7-12-11(9)13/h8-12,14H,1-7H2. The summed E-state index contributed by atoms with van der Waals surface area (Å²) in [6.45, 7) is 1.08. The fraction of sp³-hybridized carbons (Fsp3) is 1.00. The summed E-state index contributed by atoms with van der Waals surface area (Å²) in [5.41, 5.74) is 0. The Kier molecular flexibility index (Phi) is 2.26. The molecule has 3 nitrogen and oxygen atoms in total. The van der Waals surface area contributed by atoms with Gasteiger partial charge in [-0.15, -0.1) is 0 Å². The van der Waals surface area contributed by atoms with E-state index in [1.54, 1.807) is 5.06 Å². The maximum Gasteiger partial charge on any atom is 0.0875 e. The third kappa shape index (κ3) is 1.23.